The number of ether oxygens (including phenoxy) is 1. The van der Waals surface area contributed by atoms with Gasteiger partial charge in [-0.25, -0.2) is 0 Å². The predicted molar refractivity (Wildman–Crippen MR) is 80.5 cm³/mol. The number of hydrogen-bond donors (Lipinski definition) is 1. The number of nitrogens with two attached hydrogens (primary N) is 1. The van der Waals surface area contributed by atoms with Gasteiger partial charge in [0.1, 0.15) is 10.8 Å². The van der Waals surface area contributed by atoms with Gasteiger partial charge in [0.15, 0.2) is 0 Å². The maximum Gasteiger partial charge on any atom is 0.226 e. The minimum atomic E-state index is -0.354. The van der Waals surface area contributed by atoms with Crippen LogP contribution >= 0.6 is 23.2 Å². The van der Waals surface area contributed by atoms with Crippen LogP contribution in [0.3, 0.4) is 0 Å². The molecule has 1 fully saturated rings. The fraction of sp³-hybridized carbons (Fsp3) is 0.429. The van der Waals surface area contributed by atoms with Crippen LogP contribution in [0.1, 0.15) is 12.8 Å². The van der Waals surface area contributed by atoms with Crippen LogP contribution in [-0.2, 0) is 9.59 Å². The lowest BCUT2D eigenvalue weighted by molar-refractivity contribution is -0.131. The van der Waals surface area contributed by atoms with Gasteiger partial charge in [0.05, 0.1) is 24.0 Å². The number of rotatable bonds is 5. The van der Waals surface area contributed by atoms with E-state index in [1.807, 2.05) is 0 Å². The van der Waals surface area contributed by atoms with Gasteiger partial charge in [0, 0.05) is 13.1 Å². The van der Waals surface area contributed by atoms with E-state index in [1.165, 1.54) is 0 Å². The Hall–Kier alpha value is -1.46. The maximum atomic E-state index is 12.0. The summed E-state index contributed by atoms with van der Waals surface area (Å²) in [5.41, 5.74) is 5.24. The first-order valence-electron chi connectivity index (χ1n) is 6.63. The van der Waals surface area contributed by atoms with Crippen LogP contribution in [0.15, 0.2) is 18.2 Å². The van der Waals surface area contributed by atoms with Crippen LogP contribution in [0.2, 0.25) is 10.0 Å². The lowest BCUT2D eigenvalue weighted by atomic mass is 10.1. The monoisotopic (exact) mass is 330 g/mol. The molecule has 1 atom stereocenters. The Morgan fingerprint density at radius 1 is 1.38 bits per heavy atom. The number of likely N-dealkylation sites (tertiary alicyclic amines) is 1. The Kier molecular flexibility index (Phi) is 5.31. The molecule has 1 aliphatic heterocycles. The molecule has 114 valence electrons. The number of nitrogens with zero attached hydrogens (tertiary/aromatic N) is 1. The van der Waals surface area contributed by atoms with Crippen molar-refractivity contribution in [2.24, 2.45) is 11.7 Å². The molecule has 21 heavy (non-hydrogen) atoms. The van der Waals surface area contributed by atoms with Crippen molar-refractivity contribution in [2.75, 3.05) is 19.7 Å². The largest absolute Gasteiger partial charge is 0.491 e. The third kappa shape index (κ3) is 4.02. The molecule has 1 aromatic rings. The van der Waals surface area contributed by atoms with Gasteiger partial charge in [0.2, 0.25) is 11.8 Å². The molecule has 1 unspecified atom stereocenters. The van der Waals surface area contributed by atoms with Crippen LogP contribution in [0.5, 0.6) is 5.75 Å². The summed E-state index contributed by atoms with van der Waals surface area (Å²) < 4.78 is 5.47. The summed E-state index contributed by atoms with van der Waals surface area (Å²) in [5, 5.41) is 0.742. The Balaban J connectivity index is 1.80. The molecule has 7 heteroatoms. The number of carbonyl (C=O) groups is 2. The lowest BCUT2D eigenvalue weighted by Crippen LogP contribution is -2.32. The van der Waals surface area contributed by atoms with Crippen molar-refractivity contribution >= 4 is 35.0 Å². The average molecular weight is 331 g/mol. The van der Waals surface area contributed by atoms with Crippen LogP contribution in [0.25, 0.3) is 0 Å². The first kappa shape index (κ1) is 15.9. The SMILES string of the molecule is NC(=O)C1CCN(C(=O)CCOc2cccc(Cl)c2Cl)C1. The summed E-state index contributed by atoms with van der Waals surface area (Å²) in [6, 6.07) is 5.08. The Morgan fingerprint density at radius 3 is 2.81 bits per heavy atom. The van der Waals surface area contributed by atoms with E-state index in [4.69, 9.17) is 33.7 Å². The molecule has 0 aromatic heterocycles. The molecular formula is C14H16Cl2N2O3. The molecule has 5 nitrogen and oxygen atoms in total. The van der Waals surface area contributed by atoms with Crippen molar-refractivity contribution in [1.29, 1.82) is 0 Å². The first-order chi connectivity index (χ1) is 9.99. The van der Waals surface area contributed by atoms with E-state index >= 15 is 0 Å². The average Bonchev–Trinajstić information content (AvgIpc) is 2.93. The fourth-order valence-corrected chi connectivity index (χ4v) is 2.57. The molecule has 0 aliphatic carbocycles. The van der Waals surface area contributed by atoms with Crippen LogP contribution < -0.4 is 10.5 Å². The van der Waals surface area contributed by atoms with Gasteiger partial charge in [-0.2, -0.15) is 0 Å². The van der Waals surface area contributed by atoms with Gasteiger partial charge in [0.25, 0.3) is 0 Å². The van der Waals surface area contributed by atoms with Crippen molar-refractivity contribution in [3.8, 4) is 5.75 Å². The van der Waals surface area contributed by atoms with Gasteiger partial charge >= 0.3 is 0 Å². The van der Waals surface area contributed by atoms with E-state index < -0.39 is 0 Å². The van der Waals surface area contributed by atoms with E-state index in [0.717, 1.165) is 0 Å². The van der Waals surface area contributed by atoms with Crippen LogP contribution in [-0.4, -0.2) is 36.4 Å². The highest BCUT2D eigenvalue weighted by molar-refractivity contribution is 6.42. The number of benzene rings is 1. The predicted octanol–water partition coefficient (Wildman–Crippen LogP) is 2.10. The molecular weight excluding hydrogens is 315 g/mol. The molecule has 1 heterocycles. The highest BCUT2D eigenvalue weighted by Gasteiger charge is 2.29. The van der Waals surface area contributed by atoms with Crippen molar-refractivity contribution < 1.29 is 14.3 Å². The molecule has 2 rings (SSSR count). The highest BCUT2D eigenvalue weighted by Crippen LogP contribution is 2.31. The maximum absolute atomic E-state index is 12.0. The normalized spacial score (nSPS) is 17.8. The van der Waals surface area contributed by atoms with E-state index in [1.54, 1.807) is 23.1 Å². The van der Waals surface area contributed by atoms with E-state index in [9.17, 15) is 9.59 Å². The quantitative estimate of drug-likeness (QED) is 0.898. The second-order valence-electron chi connectivity index (χ2n) is 4.88. The number of carbonyl (C=O) groups excluding carboxylic acids is 2. The van der Waals surface area contributed by atoms with Crippen molar-refractivity contribution in [3.63, 3.8) is 0 Å². The molecule has 2 N–H and O–H groups in total. The third-order valence-electron chi connectivity index (χ3n) is 3.43. The molecule has 0 spiro atoms. The van der Waals surface area contributed by atoms with Gasteiger partial charge in [-0.05, 0) is 18.6 Å². The molecule has 0 bridgehead atoms. The highest BCUT2D eigenvalue weighted by atomic mass is 35.5. The molecule has 0 radical (unpaired) electrons. The summed E-state index contributed by atoms with van der Waals surface area (Å²) in [5.74, 6) is -0.199. The zero-order chi connectivity index (χ0) is 15.4. The van der Waals surface area contributed by atoms with E-state index in [-0.39, 0.29) is 30.8 Å². The van der Waals surface area contributed by atoms with Crippen molar-refractivity contribution in [2.45, 2.75) is 12.8 Å². The zero-order valence-electron chi connectivity index (χ0n) is 11.4. The molecule has 0 saturated carbocycles. The van der Waals surface area contributed by atoms with Gasteiger partial charge in [-0.3, -0.25) is 9.59 Å². The first-order valence-corrected chi connectivity index (χ1v) is 7.38. The summed E-state index contributed by atoms with van der Waals surface area (Å²) in [6.07, 6.45) is 0.844. The number of hydrogen-bond acceptors (Lipinski definition) is 3. The van der Waals surface area contributed by atoms with E-state index in [0.29, 0.717) is 35.3 Å². The van der Waals surface area contributed by atoms with E-state index in [2.05, 4.69) is 0 Å². The number of amides is 2. The summed E-state index contributed by atoms with van der Waals surface area (Å²) >= 11 is 11.9. The summed E-state index contributed by atoms with van der Waals surface area (Å²) in [6.45, 7) is 1.16. The van der Waals surface area contributed by atoms with Gasteiger partial charge in [-0.1, -0.05) is 29.3 Å². The Labute approximate surface area is 132 Å². The standard InChI is InChI=1S/C14H16Cl2N2O3/c15-10-2-1-3-11(13(10)16)21-7-5-12(19)18-6-4-9(8-18)14(17)20/h1-3,9H,4-8H2,(H2,17,20). The van der Waals surface area contributed by atoms with Crippen molar-refractivity contribution in [1.82, 2.24) is 4.90 Å². The molecule has 1 aliphatic rings. The van der Waals surface area contributed by atoms with Crippen LogP contribution in [0, 0.1) is 5.92 Å². The minimum Gasteiger partial charge on any atom is -0.491 e. The van der Waals surface area contributed by atoms with Gasteiger partial charge < -0.3 is 15.4 Å². The zero-order valence-corrected chi connectivity index (χ0v) is 12.9. The third-order valence-corrected chi connectivity index (χ3v) is 4.23. The topological polar surface area (TPSA) is 72.6 Å². The lowest BCUT2D eigenvalue weighted by Gasteiger charge is -2.16. The summed E-state index contributed by atoms with van der Waals surface area (Å²) in [4.78, 5) is 24.7. The molecule has 1 saturated heterocycles. The Morgan fingerprint density at radius 2 is 2.14 bits per heavy atom. The fourth-order valence-electron chi connectivity index (χ4n) is 2.22. The van der Waals surface area contributed by atoms with Crippen LogP contribution in [0.4, 0.5) is 0 Å². The molecule has 2 amide bonds. The molecule has 1 aromatic carbocycles. The second-order valence-corrected chi connectivity index (χ2v) is 5.66. The smallest absolute Gasteiger partial charge is 0.226 e. The number of primary amides is 1. The number of halogens is 2. The van der Waals surface area contributed by atoms with Gasteiger partial charge in [-0.15, -0.1) is 0 Å². The minimum absolute atomic E-state index is 0.0584. The Bertz CT molecular complexity index is 551. The summed E-state index contributed by atoms with van der Waals surface area (Å²) in [7, 11) is 0. The second kappa shape index (κ2) is 7.00. The van der Waals surface area contributed by atoms with Crippen molar-refractivity contribution in [3.05, 3.63) is 28.2 Å².